The van der Waals surface area contributed by atoms with E-state index in [1.807, 2.05) is 76.2 Å². The van der Waals surface area contributed by atoms with Gasteiger partial charge in [0, 0.05) is 17.5 Å². The van der Waals surface area contributed by atoms with Crippen LogP contribution >= 0.6 is 0 Å². The predicted molar refractivity (Wildman–Crippen MR) is 140 cm³/mol. The lowest BCUT2D eigenvalue weighted by molar-refractivity contribution is 0.103. The predicted octanol–water partition coefficient (Wildman–Crippen LogP) is 8.12. The summed E-state index contributed by atoms with van der Waals surface area (Å²) in [5, 5.41) is 2.43. The zero-order valence-electron chi connectivity index (χ0n) is 20.2. The number of benzene rings is 4. The van der Waals surface area contributed by atoms with Crippen LogP contribution in [0.4, 0.5) is 0 Å². The van der Waals surface area contributed by atoms with Gasteiger partial charge in [0.2, 0.25) is 0 Å². The second-order valence-corrected chi connectivity index (χ2v) is 7.98. The summed E-state index contributed by atoms with van der Waals surface area (Å²) in [6.07, 6.45) is 2.75. The number of allylic oxidation sites excluding steroid dienone is 1. The van der Waals surface area contributed by atoms with E-state index in [1.54, 1.807) is 7.11 Å². The highest BCUT2D eigenvalue weighted by Crippen LogP contribution is 2.28. The zero-order valence-corrected chi connectivity index (χ0v) is 20.2. The summed E-state index contributed by atoms with van der Waals surface area (Å²) in [6.45, 7) is 8.08. The first-order valence-electron chi connectivity index (χ1n) is 11.5. The molecule has 4 aromatic rings. The van der Waals surface area contributed by atoms with Gasteiger partial charge >= 0.3 is 0 Å². The molecule has 0 spiro atoms. The molecule has 0 aliphatic heterocycles. The molecule has 4 rings (SSSR count). The molecule has 4 aromatic carbocycles. The van der Waals surface area contributed by atoms with Crippen molar-refractivity contribution in [2.24, 2.45) is 0 Å². The SMILES string of the molecule is CC.COc1ccc(C(=O)c2ccccc2C=C(C)C)cc1Cc1cccc2ccccc12. The molecule has 0 radical (unpaired) electrons. The number of fused-ring (bicyclic) bond motifs is 1. The van der Waals surface area contributed by atoms with Crippen molar-refractivity contribution in [3.8, 4) is 5.75 Å². The van der Waals surface area contributed by atoms with Crippen molar-refractivity contribution in [1.82, 2.24) is 0 Å². The number of hydrogen-bond acceptors (Lipinski definition) is 2. The largest absolute Gasteiger partial charge is 0.496 e. The van der Waals surface area contributed by atoms with Gasteiger partial charge in [-0.15, -0.1) is 0 Å². The van der Waals surface area contributed by atoms with E-state index < -0.39 is 0 Å². The quantitative estimate of drug-likeness (QED) is 0.285. The van der Waals surface area contributed by atoms with Gasteiger partial charge in [-0.05, 0) is 59.5 Å². The zero-order chi connectivity index (χ0) is 23.8. The molecule has 2 nitrogen and oxygen atoms in total. The van der Waals surface area contributed by atoms with Gasteiger partial charge in [-0.2, -0.15) is 0 Å². The second-order valence-electron chi connectivity index (χ2n) is 7.98. The molecule has 168 valence electrons. The molecule has 0 aliphatic carbocycles. The summed E-state index contributed by atoms with van der Waals surface area (Å²) in [7, 11) is 1.67. The van der Waals surface area contributed by atoms with Crippen LogP contribution in [0.25, 0.3) is 16.8 Å². The van der Waals surface area contributed by atoms with Crippen LogP contribution in [0.15, 0.2) is 90.5 Å². The molecule has 0 aliphatic rings. The minimum absolute atomic E-state index is 0.0231. The molecule has 0 saturated carbocycles. The Morgan fingerprint density at radius 3 is 2.27 bits per heavy atom. The van der Waals surface area contributed by atoms with Crippen LogP contribution in [0.5, 0.6) is 5.75 Å². The molecular formula is C31H32O2. The van der Waals surface area contributed by atoms with Crippen LogP contribution in [0.3, 0.4) is 0 Å². The minimum atomic E-state index is 0.0231. The highest BCUT2D eigenvalue weighted by molar-refractivity contribution is 6.11. The number of ketones is 1. The van der Waals surface area contributed by atoms with Crippen molar-refractivity contribution in [3.63, 3.8) is 0 Å². The molecular weight excluding hydrogens is 404 g/mol. The van der Waals surface area contributed by atoms with Gasteiger partial charge in [0.25, 0.3) is 0 Å². The van der Waals surface area contributed by atoms with Crippen LogP contribution in [0.1, 0.15) is 60.3 Å². The fourth-order valence-electron chi connectivity index (χ4n) is 4.01. The smallest absolute Gasteiger partial charge is 0.193 e. The van der Waals surface area contributed by atoms with Crippen molar-refractivity contribution >= 4 is 22.6 Å². The van der Waals surface area contributed by atoms with Gasteiger partial charge < -0.3 is 4.74 Å². The van der Waals surface area contributed by atoms with Crippen molar-refractivity contribution in [1.29, 1.82) is 0 Å². The van der Waals surface area contributed by atoms with Crippen LogP contribution < -0.4 is 4.74 Å². The molecule has 0 aromatic heterocycles. The van der Waals surface area contributed by atoms with Crippen molar-refractivity contribution in [2.45, 2.75) is 34.1 Å². The molecule has 0 fully saturated rings. The average molecular weight is 437 g/mol. The Labute approximate surface area is 197 Å². The molecule has 0 N–H and O–H groups in total. The highest BCUT2D eigenvalue weighted by atomic mass is 16.5. The summed E-state index contributed by atoms with van der Waals surface area (Å²) in [5.74, 6) is 0.817. The molecule has 33 heavy (non-hydrogen) atoms. The number of carbonyl (C=O) groups is 1. The molecule has 0 saturated heterocycles. The number of methoxy groups -OCH3 is 1. The van der Waals surface area contributed by atoms with E-state index in [2.05, 4.69) is 42.5 Å². The van der Waals surface area contributed by atoms with Crippen LogP contribution in [-0.2, 0) is 6.42 Å². The number of ether oxygens (including phenoxy) is 1. The van der Waals surface area contributed by atoms with Gasteiger partial charge in [0.05, 0.1) is 7.11 Å². The van der Waals surface area contributed by atoms with E-state index in [-0.39, 0.29) is 5.78 Å². The minimum Gasteiger partial charge on any atom is -0.496 e. The third-order valence-corrected chi connectivity index (χ3v) is 5.45. The summed E-state index contributed by atoms with van der Waals surface area (Å²) in [5.41, 5.74) is 5.71. The summed E-state index contributed by atoms with van der Waals surface area (Å²) >= 11 is 0. The first-order valence-corrected chi connectivity index (χ1v) is 11.5. The standard InChI is InChI=1S/C29H26O2.C2H6/c1-20(2)17-22-10-5-7-14-27(22)29(30)24-15-16-28(31-3)25(19-24)18-23-12-8-11-21-9-4-6-13-26(21)23;1-2/h4-17,19H,18H2,1-3H3;1-2H3. The Morgan fingerprint density at radius 2 is 1.52 bits per heavy atom. The molecule has 0 unspecified atom stereocenters. The Hall–Kier alpha value is -3.65. The molecule has 0 bridgehead atoms. The second kappa shape index (κ2) is 11.3. The fourth-order valence-corrected chi connectivity index (χ4v) is 4.01. The Bertz CT molecular complexity index is 1270. The Balaban J connectivity index is 0.00000149. The Kier molecular flexibility index (Phi) is 8.21. The summed E-state index contributed by atoms with van der Waals surface area (Å²) in [6, 6.07) is 28.2. The number of hydrogen-bond donors (Lipinski definition) is 0. The lowest BCUT2D eigenvalue weighted by Gasteiger charge is -2.13. The maximum Gasteiger partial charge on any atom is 0.193 e. The lowest BCUT2D eigenvalue weighted by Crippen LogP contribution is -2.05. The maximum absolute atomic E-state index is 13.4. The van der Waals surface area contributed by atoms with Crippen LogP contribution in [0, 0.1) is 0 Å². The fraction of sp³-hybridized carbons (Fsp3) is 0.194. The molecule has 0 heterocycles. The van der Waals surface area contributed by atoms with E-state index in [4.69, 9.17) is 4.74 Å². The van der Waals surface area contributed by atoms with Gasteiger partial charge in [-0.3, -0.25) is 4.79 Å². The molecule has 2 heteroatoms. The maximum atomic E-state index is 13.4. The molecule has 0 amide bonds. The van der Waals surface area contributed by atoms with Gasteiger partial charge in [-0.1, -0.05) is 92.2 Å². The van der Waals surface area contributed by atoms with Crippen LogP contribution in [-0.4, -0.2) is 12.9 Å². The van der Waals surface area contributed by atoms with Crippen molar-refractivity contribution < 1.29 is 9.53 Å². The lowest BCUT2D eigenvalue weighted by atomic mass is 9.93. The molecule has 0 atom stereocenters. The summed E-state index contributed by atoms with van der Waals surface area (Å²) < 4.78 is 5.63. The topological polar surface area (TPSA) is 26.3 Å². The first-order chi connectivity index (χ1) is 16.1. The van der Waals surface area contributed by atoms with Gasteiger partial charge in [0.1, 0.15) is 5.75 Å². The van der Waals surface area contributed by atoms with E-state index in [0.717, 1.165) is 22.4 Å². The van der Waals surface area contributed by atoms with E-state index in [9.17, 15) is 4.79 Å². The van der Waals surface area contributed by atoms with Crippen LogP contribution in [0.2, 0.25) is 0 Å². The third-order valence-electron chi connectivity index (χ3n) is 5.45. The first kappa shape index (κ1) is 24.0. The van der Waals surface area contributed by atoms with Crippen molar-refractivity contribution in [3.05, 3.63) is 118 Å². The Morgan fingerprint density at radius 1 is 0.818 bits per heavy atom. The van der Waals surface area contributed by atoms with E-state index >= 15 is 0 Å². The van der Waals surface area contributed by atoms with Crippen molar-refractivity contribution in [2.75, 3.05) is 7.11 Å². The number of rotatable bonds is 6. The monoisotopic (exact) mass is 436 g/mol. The average Bonchev–Trinajstić information content (AvgIpc) is 2.85. The van der Waals surface area contributed by atoms with Gasteiger partial charge in [0.15, 0.2) is 5.78 Å². The third kappa shape index (κ3) is 5.59. The highest BCUT2D eigenvalue weighted by Gasteiger charge is 2.15. The number of carbonyl (C=O) groups excluding carboxylic acids is 1. The van der Waals surface area contributed by atoms with E-state index in [1.165, 1.54) is 16.3 Å². The van der Waals surface area contributed by atoms with Gasteiger partial charge in [-0.25, -0.2) is 0 Å². The summed E-state index contributed by atoms with van der Waals surface area (Å²) in [4.78, 5) is 13.4. The normalized spacial score (nSPS) is 10.2. The van der Waals surface area contributed by atoms with E-state index in [0.29, 0.717) is 17.5 Å².